The van der Waals surface area contributed by atoms with Crippen LogP contribution in [0, 0.1) is 0 Å². The van der Waals surface area contributed by atoms with Gasteiger partial charge in [0.05, 0.1) is 4.21 Å². The molecule has 0 aliphatic carbocycles. The quantitative estimate of drug-likeness (QED) is 0.431. The molecule has 0 aliphatic heterocycles. The SMILES string of the molecule is F.F.F.F.F.F.Sc1cc(-c2ccccc2)cs1.[AsH3]. The Kier molecular flexibility index (Phi) is 33.2. The second-order valence-corrected chi connectivity index (χ2v) is 4.24. The molecule has 2 aromatic rings. The van der Waals surface area contributed by atoms with Gasteiger partial charge >= 0.3 is 18.0 Å². The van der Waals surface area contributed by atoms with Crippen molar-refractivity contribution in [1.82, 2.24) is 0 Å². The van der Waals surface area contributed by atoms with Crippen LogP contribution in [0.5, 0.6) is 0 Å². The van der Waals surface area contributed by atoms with Gasteiger partial charge in [0.15, 0.2) is 0 Å². The summed E-state index contributed by atoms with van der Waals surface area (Å²) in [7, 11) is 0. The molecule has 0 nitrogen and oxygen atoms in total. The van der Waals surface area contributed by atoms with E-state index >= 15 is 0 Å². The number of hydrogen-bond acceptors (Lipinski definition) is 2. The molecule has 1 aromatic heterocycles. The summed E-state index contributed by atoms with van der Waals surface area (Å²) in [5.74, 6) is 0. The van der Waals surface area contributed by atoms with E-state index in [4.69, 9.17) is 0 Å². The third-order valence-corrected chi connectivity index (χ3v) is 2.87. The van der Waals surface area contributed by atoms with Crippen LogP contribution in [0.3, 0.4) is 0 Å². The molecular weight excluding hydrogens is 373 g/mol. The normalized spacial score (nSPS) is 6.37. The molecule has 0 aliphatic rings. The van der Waals surface area contributed by atoms with Gasteiger partial charge in [-0.2, -0.15) is 0 Å². The predicted octanol–water partition coefficient (Wildman–Crippen LogP) is 3.43. The average Bonchev–Trinajstić information content (AvgIpc) is 2.54. The van der Waals surface area contributed by atoms with Crippen molar-refractivity contribution in [3.05, 3.63) is 41.8 Å². The zero-order valence-corrected chi connectivity index (χ0v) is 14.2. The van der Waals surface area contributed by atoms with Gasteiger partial charge in [-0.3, -0.25) is 28.2 Å². The number of benzene rings is 1. The fourth-order valence-electron chi connectivity index (χ4n) is 1.11. The summed E-state index contributed by atoms with van der Waals surface area (Å²) in [5, 5.41) is 2.12. The zero-order chi connectivity index (χ0) is 8.39. The van der Waals surface area contributed by atoms with Gasteiger partial charge in [0, 0.05) is 0 Å². The third-order valence-electron chi connectivity index (χ3n) is 1.69. The van der Waals surface area contributed by atoms with Crippen LogP contribution < -0.4 is 0 Å². The van der Waals surface area contributed by atoms with E-state index in [1.165, 1.54) is 11.1 Å². The summed E-state index contributed by atoms with van der Waals surface area (Å²) in [4.78, 5) is 0. The number of halogens is 6. The maximum absolute atomic E-state index is 4.27. The van der Waals surface area contributed by atoms with Crippen molar-refractivity contribution >= 4 is 41.9 Å². The van der Waals surface area contributed by atoms with E-state index in [0.717, 1.165) is 4.21 Å². The standard InChI is InChI=1S/C10H8S2.AsH3.6FH/c11-10-6-9(7-12-10)8-4-2-1-3-5-8;;;;;;;/h1-7,11H;1H3;6*1H. The van der Waals surface area contributed by atoms with Crippen molar-refractivity contribution in [2.75, 3.05) is 0 Å². The van der Waals surface area contributed by atoms with E-state index < -0.39 is 0 Å². The molecule has 0 saturated carbocycles. The molecule has 0 spiro atoms. The second-order valence-electron chi connectivity index (χ2n) is 2.54. The van der Waals surface area contributed by atoms with E-state index in [2.05, 4.69) is 36.2 Å². The molecule has 2 rings (SSSR count). The molecule has 19 heavy (non-hydrogen) atoms. The molecule has 1 atom stereocenters. The Hall–Kier alpha value is -0.592. The molecule has 0 amide bonds. The fraction of sp³-hybridized carbons (Fsp3) is 0. The van der Waals surface area contributed by atoms with Crippen LogP contribution in [-0.4, -0.2) is 18.0 Å². The van der Waals surface area contributed by atoms with Gasteiger partial charge < -0.3 is 0 Å². The minimum atomic E-state index is 0. The summed E-state index contributed by atoms with van der Waals surface area (Å²) < 4.78 is 1.06. The first-order chi connectivity index (χ1) is 5.86. The third kappa shape index (κ3) is 9.92. The van der Waals surface area contributed by atoms with Crippen molar-refractivity contribution in [2.45, 2.75) is 4.21 Å². The van der Waals surface area contributed by atoms with Gasteiger partial charge in [0.2, 0.25) is 0 Å². The van der Waals surface area contributed by atoms with Crippen LogP contribution in [0.2, 0.25) is 0 Å². The van der Waals surface area contributed by atoms with Crippen LogP contribution in [0.1, 0.15) is 0 Å². The second kappa shape index (κ2) is 17.4. The number of rotatable bonds is 1. The molecule has 1 aromatic carbocycles. The minimum absolute atomic E-state index is 0. The molecule has 0 bridgehead atoms. The first kappa shape index (κ1) is 36.2. The topological polar surface area (TPSA) is 0 Å². The molecule has 0 fully saturated rings. The molecule has 0 N–H and O–H groups in total. The van der Waals surface area contributed by atoms with Gasteiger partial charge in [-0.25, -0.2) is 0 Å². The van der Waals surface area contributed by atoms with Crippen LogP contribution in [0.25, 0.3) is 11.1 Å². The Bertz CT molecular complexity index is 385. The van der Waals surface area contributed by atoms with E-state index in [0.29, 0.717) is 0 Å². The molecule has 0 radical (unpaired) electrons. The Morgan fingerprint density at radius 1 is 0.737 bits per heavy atom. The maximum atomic E-state index is 4.27. The van der Waals surface area contributed by atoms with Crippen molar-refractivity contribution in [3.8, 4) is 11.1 Å². The average molecular weight is 390 g/mol. The van der Waals surface area contributed by atoms with Crippen molar-refractivity contribution < 1.29 is 28.2 Å². The van der Waals surface area contributed by atoms with Gasteiger partial charge in [-0.1, -0.05) is 30.3 Å². The molecule has 0 saturated heterocycles. The molecule has 1 heterocycles. The number of hydrogen-bond donors (Lipinski definition) is 1. The monoisotopic (exact) mass is 390 g/mol. The molecule has 116 valence electrons. The summed E-state index contributed by atoms with van der Waals surface area (Å²) >= 11 is 5.94. The van der Waals surface area contributed by atoms with Crippen molar-refractivity contribution in [1.29, 1.82) is 0 Å². The van der Waals surface area contributed by atoms with E-state index in [1.54, 1.807) is 11.3 Å². The van der Waals surface area contributed by atoms with Gasteiger partial charge in [-0.15, -0.1) is 24.0 Å². The van der Waals surface area contributed by atoms with Crippen LogP contribution in [0.15, 0.2) is 46.0 Å². The van der Waals surface area contributed by atoms with Gasteiger partial charge in [-0.05, 0) is 22.6 Å². The zero-order valence-electron chi connectivity index (χ0n) is 9.55. The summed E-state index contributed by atoms with van der Waals surface area (Å²) in [6.45, 7) is 0. The van der Waals surface area contributed by atoms with Crippen molar-refractivity contribution in [3.63, 3.8) is 0 Å². The van der Waals surface area contributed by atoms with Gasteiger partial charge in [0.25, 0.3) is 0 Å². The molecule has 9 heteroatoms. The van der Waals surface area contributed by atoms with Crippen LogP contribution in [0.4, 0.5) is 28.2 Å². The number of thiol groups is 1. The summed E-state index contributed by atoms with van der Waals surface area (Å²) in [6, 6.07) is 12.4. The van der Waals surface area contributed by atoms with E-state index in [-0.39, 0.29) is 46.2 Å². The fourth-order valence-corrected chi connectivity index (χ4v) is 2.05. The Labute approximate surface area is 127 Å². The van der Waals surface area contributed by atoms with E-state index in [9.17, 15) is 0 Å². The Balaban J connectivity index is -0.0000000604. The van der Waals surface area contributed by atoms with E-state index in [1.807, 2.05) is 18.2 Å². The van der Waals surface area contributed by atoms with Crippen LogP contribution >= 0.6 is 24.0 Å². The molecule has 1 unspecified atom stereocenters. The Morgan fingerprint density at radius 3 is 1.58 bits per heavy atom. The Morgan fingerprint density at radius 2 is 1.21 bits per heavy atom. The summed E-state index contributed by atoms with van der Waals surface area (Å²) in [5.41, 5.74) is 2.51. The number of thiophene rings is 1. The van der Waals surface area contributed by atoms with Crippen LogP contribution in [-0.2, 0) is 0 Å². The predicted molar refractivity (Wildman–Crippen MR) is 82.0 cm³/mol. The molecular formula is C10H17AsF6S2. The van der Waals surface area contributed by atoms with Crippen molar-refractivity contribution in [2.24, 2.45) is 0 Å². The first-order valence-electron chi connectivity index (χ1n) is 3.69. The van der Waals surface area contributed by atoms with Gasteiger partial charge in [0.1, 0.15) is 0 Å². The first-order valence-corrected chi connectivity index (χ1v) is 5.02. The summed E-state index contributed by atoms with van der Waals surface area (Å²) in [6.07, 6.45) is 0.